The van der Waals surface area contributed by atoms with Crippen LogP contribution in [-0.2, 0) is 13.1 Å². The summed E-state index contributed by atoms with van der Waals surface area (Å²) >= 11 is 0. The zero-order valence-electron chi connectivity index (χ0n) is 18.9. The highest BCUT2D eigenvalue weighted by Crippen LogP contribution is 2.27. The first-order chi connectivity index (χ1) is 14.9. The number of carbonyl (C=O) groups is 1. The van der Waals surface area contributed by atoms with E-state index >= 15 is 0 Å². The molecular formula is C26H30N4O. The van der Waals surface area contributed by atoms with Crippen molar-refractivity contribution in [1.29, 1.82) is 0 Å². The molecule has 5 nitrogen and oxygen atoms in total. The van der Waals surface area contributed by atoms with Gasteiger partial charge in [-0.15, -0.1) is 0 Å². The molecule has 2 aromatic carbocycles. The number of hydrogen-bond donors (Lipinski definition) is 1. The second kappa shape index (κ2) is 8.42. The third-order valence-corrected chi connectivity index (χ3v) is 6.21. The lowest BCUT2D eigenvalue weighted by Crippen LogP contribution is -2.26. The summed E-state index contributed by atoms with van der Waals surface area (Å²) in [5.41, 5.74) is 7.55. The molecule has 2 heterocycles. The Kier molecular flexibility index (Phi) is 5.68. The summed E-state index contributed by atoms with van der Waals surface area (Å²) in [7, 11) is 0. The minimum atomic E-state index is -0.103. The van der Waals surface area contributed by atoms with Crippen LogP contribution < -0.4 is 5.32 Å². The predicted octanol–water partition coefficient (Wildman–Crippen LogP) is 5.32. The molecule has 0 aliphatic heterocycles. The van der Waals surface area contributed by atoms with E-state index in [9.17, 15) is 4.79 Å². The van der Waals surface area contributed by atoms with Crippen LogP contribution in [0.1, 0.15) is 58.3 Å². The van der Waals surface area contributed by atoms with Crippen molar-refractivity contribution >= 4 is 16.8 Å². The van der Waals surface area contributed by atoms with Gasteiger partial charge in [0.05, 0.1) is 11.7 Å². The number of aromatic nitrogens is 3. The van der Waals surface area contributed by atoms with Crippen LogP contribution in [0.15, 0.2) is 54.7 Å². The number of rotatable bonds is 6. The van der Waals surface area contributed by atoms with Crippen molar-refractivity contribution in [2.45, 2.75) is 53.8 Å². The van der Waals surface area contributed by atoms with E-state index < -0.39 is 0 Å². The lowest BCUT2D eigenvalue weighted by Gasteiger charge is -2.14. The van der Waals surface area contributed by atoms with E-state index in [-0.39, 0.29) is 11.9 Å². The van der Waals surface area contributed by atoms with Gasteiger partial charge in [-0.1, -0.05) is 30.3 Å². The highest BCUT2D eigenvalue weighted by atomic mass is 16.1. The van der Waals surface area contributed by atoms with Gasteiger partial charge in [0.2, 0.25) is 0 Å². The summed E-state index contributed by atoms with van der Waals surface area (Å²) in [6.07, 6.45) is 2.01. The van der Waals surface area contributed by atoms with Crippen LogP contribution >= 0.6 is 0 Å². The van der Waals surface area contributed by atoms with Crippen molar-refractivity contribution in [2.24, 2.45) is 0 Å². The fourth-order valence-corrected chi connectivity index (χ4v) is 4.24. The van der Waals surface area contributed by atoms with Crippen molar-refractivity contribution in [3.05, 3.63) is 88.4 Å². The Bertz CT molecular complexity index is 1230. The first kappa shape index (κ1) is 20.9. The van der Waals surface area contributed by atoms with Gasteiger partial charge in [-0.3, -0.25) is 9.48 Å². The number of aryl methyl sites for hydroxylation is 3. The molecule has 0 saturated carbocycles. The molecule has 31 heavy (non-hydrogen) atoms. The minimum absolute atomic E-state index is 0.0640. The molecule has 1 N–H and O–H groups in total. The summed E-state index contributed by atoms with van der Waals surface area (Å²) in [4.78, 5) is 13.0. The van der Waals surface area contributed by atoms with Crippen molar-refractivity contribution in [3.63, 3.8) is 0 Å². The van der Waals surface area contributed by atoms with Gasteiger partial charge in [-0.25, -0.2) is 0 Å². The average molecular weight is 415 g/mol. The summed E-state index contributed by atoms with van der Waals surface area (Å²) in [5.74, 6) is -0.0640. The Hall–Kier alpha value is -3.34. The maximum Gasteiger partial charge on any atom is 0.251 e. The van der Waals surface area contributed by atoms with Crippen molar-refractivity contribution in [3.8, 4) is 0 Å². The topological polar surface area (TPSA) is 51.9 Å². The van der Waals surface area contributed by atoms with Crippen molar-refractivity contribution < 1.29 is 4.79 Å². The molecule has 2 aromatic heterocycles. The molecule has 0 bridgehead atoms. The number of nitrogens with zero attached hydrogens (tertiary/aromatic N) is 3. The Labute approximate surface area is 183 Å². The maximum atomic E-state index is 13.0. The Balaban J connectivity index is 1.61. The van der Waals surface area contributed by atoms with Gasteiger partial charge in [0.15, 0.2) is 0 Å². The van der Waals surface area contributed by atoms with E-state index in [1.165, 1.54) is 16.8 Å². The van der Waals surface area contributed by atoms with Crippen molar-refractivity contribution in [1.82, 2.24) is 19.7 Å². The molecule has 0 radical (unpaired) electrons. The molecule has 160 valence electrons. The second-order valence-corrected chi connectivity index (χ2v) is 8.23. The van der Waals surface area contributed by atoms with Crippen LogP contribution in [0.5, 0.6) is 0 Å². The minimum Gasteiger partial charge on any atom is -0.345 e. The van der Waals surface area contributed by atoms with Gasteiger partial charge in [0, 0.05) is 47.0 Å². The first-order valence-electron chi connectivity index (χ1n) is 10.9. The van der Waals surface area contributed by atoms with Crippen LogP contribution in [-0.4, -0.2) is 20.3 Å². The SMILES string of the molecule is CCn1cc(C(C)NC(=O)c2ccc3c(c2)c(C)c(C)n3Cc2ccccc2)c(C)n1. The molecule has 0 aliphatic carbocycles. The molecule has 0 spiro atoms. The summed E-state index contributed by atoms with van der Waals surface area (Å²) in [5, 5.41) is 8.76. The average Bonchev–Trinajstić information content (AvgIpc) is 3.27. The van der Waals surface area contributed by atoms with E-state index in [2.05, 4.69) is 66.1 Å². The molecule has 1 amide bonds. The Morgan fingerprint density at radius 2 is 1.84 bits per heavy atom. The van der Waals surface area contributed by atoms with E-state index in [4.69, 9.17) is 0 Å². The fraction of sp³-hybridized carbons (Fsp3) is 0.308. The normalized spacial score (nSPS) is 12.3. The Morgan fingerprint density at radius 3 is 2.52 bits per heavy atom. The lowest BCUT2D eigenvalue weighted by atomic mass is 10.1. The standard InChI is InChI=1S/C26H30N4O/c1-6-29-16-24(19(4)28-29)18(3)27-26(31)22-12-13-25-23(14-22)17(2)20(5)30(25)15-21-10-8-7-9-11-21/h7-14,16,18H,6,15H2,1-5H3,(H,27,31). The monoisotopic (exact) mass is 414 g/mol. The van der Waals surface area contributed by atoms with Gasteiger partial charge >= 0.3 is 0 Å². The van der Waals surface area contributed by atoms with Crippen molar-refractivity contribution in [2.75, 3.05) is 0 Å². The summed E-state index contributed by atoms with van der Waals surface area (Å²) in [6, 6.07) is 16.4. The quantitative estimate of drug-likeness (QED) is 0.464. The smallest absolute Gasteiger partial charge is 0.251 e. The highest BCUT2D eigenvalue weighted by Gasteiger charge is 2.18. The predicted molar refractivity (Wildman–Crippen MR) is 125 cm³/mol. The first-order valence-corrected chi connectivity index (χ1v) is 10.9. The lowest BCUT2D eigenvalue weighted by molar-refractivity contribution is 0.0940. The molecule has 0 aliphatic rings. The number of fused-ring (bicyclic) bond motifs is 1. The van der Waals surface area contributed by atoms with Crippen LogP contribution in [0.4, 0.5) is 0 Å². The van der Waals surface area contributed by atoms with Crippen LogP contribution in [0, 0.1) is 20.8 Å². The van der Waals surface area contributed by atoms with E-state index in [1.807, 2.05) is 42.9 Å². The van der Waals surface area contributed by atoms with Gasteiger partial charge in [-0.2, -0.15) is 5.10 Å². The number of hydrogen-bond acceptors (Lipinski definition) is 2. The van der Waals surface area contributed by atoms with Gasteiger partial charge in [0.25, 0.3) is 5.91 Å². The maximum absolute atomic E-state index is 13.0. The molecule has 5 heteroatoms. The van der Waals surface area contributed by atoms with Crippen LogP contribution in [0.3, 0.4) is 0 Å². The second-order valence-electron chi connectivity index (χ2n) is 8.23. The van der Waals surface area contributed by atoms with Gasteiger partial charge in [-0.05, 0) is 63.9 Å². The Morgan fingerprint density at radius 1 is 1.10 bits per heavy atom. The number of amides is 1. The van der Waals surface area contributed by atoms with E-state index in [0.717, 1.165) is 35.2 Å². The van der Waals surface area contributed by atoms with Crippen LogP contribution in [0.2, 0.25) is 0 Å². The molecule has 0 fully saturated rings. The molecular weight excluding hydrogens is 384 g/mol. The van der Waals surface area contributed by atoms with Gasteiger partial charge < -0.3 is 9.88 Å². The summed E-state index contributed by atoms with van der Waals surface area (Å²) in [6.45, 7) is 12.0. The molecule has 4 rings (SSSR count). The van der Waals surface area contributed by atoms with E-state index in [0.29, 0.717) is 5.56 Å². The zero-order chi connectivity index (χ0) is 22.1. The largest absolute Gasteiger partial charge is 0.345 e. The zero-order valence-corrected chi connectivity index (χ0v) is 18.9. The third-order valence-electron chi connectivity index (χ3n) is 6.21. The number of nitrogens with one attached hydrogen (secondary N) is 1. The van der Waals surface area contributed by atoms with Gasteiger partial charge in [0.1, 0.15) is 0 Å². The number of benzene rings is 2. The fourth-order valence-electron chi connectivity index (χ4n) is 4.24. The highest BCUT2D eigenvalue weighted by molar-refractivity contribution is 5.99. The number of carbonyl (C=O) groups excluding carboxylic acids is 1. The molecule has 0 saturated heterocycles. The van der Waals surface area contributed by atoms with Crippen LogP contribution in [0.25, 0.3) is 10.9 Å². The molecule has 1 unspecified atom stereocenters. The third kappa shape index (κ3) is 4.00. The molecule has 4 aromatic rings. The molecule has 1 atom stereocenters. The summed E-state index contributed by atoms with van der Waals surface area (Å²) < 4.78 is 4.23. The van der Waals surface area contributed by atoms with E-state index in [1.54, 1.807) is 0 Å².